The predicted octanol–water partition coefficient (Wildman–Crippen LogP) is 3.65. The summed E-state index contributed by atoms with van der Waals surface area (Å²) in [6.45, 7) is 3.99. The van der Waals surface area contributed by atoms with Crippen LogP contribution in [0, 0.1) is 0 Å². The lowest BCUT2D eigenvalue weighted by atomic mass is 10.2. The predicted molar refractivity (Wildman–Crippen MR) is 66.1 cm³/mol. The SMILES string of the molecule is CC(C)Oc1cccc(-c2nc(Cl)ns2)c1. The number of nitrogens with zero attached hydrogens (tertiary/aromatic N) is 2. The lowest BCUT2D eigenvalue weighted by Crippen LogP contribution is -2.05. The average molecular weight is 255 g/mol. The second-order valence-electron chi connectivity index (χ2n) is 3.56. The molecule has 0 aliphatic heterocycles. The molecule has 0 saturated heterocycles. The first-order chi connectivity index (χ1) is 7.65. The molecule has 0 radical (unpaired) electrons. The highest BCUT2D eigenvalue weighted by molar-refractivity contribution is 7.09. The summed E-state index contributed by atoms with van der Waals surface area (Å²) in [5.41, 5.74) is 0.975. The molecule has 5 heteroatoms. The Morgan fingerprint density at radius 3 is 2.81 bits per heavy atom. The van der Waals surface area contributed by atoms with Gasteiger partial charge in [-0.1, -0.05) is 12.1 Å². The maximum atomic E-state index is 5.69. The summed E-state index contributed by atoms with van der Waals surface area (Å²) in [4.78, 5) is 4.12. The first kappa shape index (κ1) is 11.4. The van der Waals surface area contributed by atoms with E-state index in [1.165, 1.54) is 11.5 Å². The molecule has 1 aromatic heterocycles. The molecule has 3 nitrogen and oxygen atoms in total. The lowest BCUT2D eigenvalue weighted by Gasteiger charge is -2.09. The number of benzene rings is 1. The fourth-order valence-electron chi connectivity index (χ4n) is 1.30. The Bertz CT molecular complexity index is 484. The number of hydrogen-bond donors (Lipinski definition) is 0. The van der Waals surface area contributed by atoms with E-state index in [0.29, 0.717) is 0 Å². The molecule has 1 aromatic carbocycles. The summed E-state index contributed by atoms with van der Waals surface area (Å²) in [7, 11) is 0. The minimum Gasteiger partial charge on any atom is -0.491 e. The largest absolute Gasteiger partial charge is 0.491 e. The van der Waals surface area contributed by atoms with Gasteiger partial charge in [-0.25, -0.2) is 4.98 Å². The summed E-state index contributed by atoms with van der Waals surface area (Å²) in [6.07, 6.45) is 0.160. The molecule has 2 aromatic rings. The standard InChI is InChI=1S/C11H11ClN2OS/c1-7(2)15-9-5-3-4-8(6-9)10-13-11(12)14-16-10/h3-7H,1-2H3. The van der Waals surface area contributed by atoms with Crippen LogP contribution in [0.15, 0.2) is 24.3 Å². The molecule has 0 amide bonds. The molecule has 0 N–H and O–H groups in total. The van der Waals surface area contributed by atoms with E-state index < -0.39 is 0 Å². The van der Waals surface area contributed by atoms with Gasteiger partial charge < -0.3 is 4.74 Å². The monoisotopic (exact) mass is 254 g/mol. The molecule has 0 fully saturated rings. The molecule has 0 saturated carbocycles. The molecular formula is C11H11ClN2OS. The number of hydrogen-bond acceptors (Lipinski definition) is 4. The van der Waals surface area contributed by atoms with E-state index in [-0.39, 0.29) is 11.4 Å². The van der Waals surface area contributed by atoms with Crippen LogP contribution in [0.25, 0.3) is 10.6 Å². The van der Waals surface area contributed by atoms with Crippen molar-refractivity contribution in [1.29, 1.82) is 0 Å². The molecular weight excluding hydrogens is 244 g/mol. The molecule has 16 heavy (non-hydrogen) atoms. The Morgan fingerprint density at radius 2 is 2.19 bits per heavy atom. The van der Waals surface area contributed by atoms with E-state index in [1.807, 2.05) is 38.1 Å². The Balaban J connectivity index is 2.28. The van der Waals surface area contributed by atoms with Crippen molar-refractivity contribution in [2.45, 2.75) is 20.0 Å². The van der Waals surface area contributed by atoms with Crippen molar-refractivity contribution in [2.75, 3.05) is 0 Å². The highest BCUT2D eigenvalue weighted by atomic mass is 35.5. The Morgan fingerprint density at radius 1 is 1.38 bits per heavy atom. The minimum absolute atomic E-state index is 0.160. The highest BCUT2D eigenvalue weighted by Crippen LogP contribution is 2.26. The fourth-order valence-corrected chi connectivity index (χ4v) is 2.10. The van der Waals surface area contributed by atoms with Gasteiger partial charge in [-0.05, 0) is 49.1 Å². The third kappa shape index (κ3) is 2.71. The number of rotatable bonds is 3. The summed E-state index contributed by atoms with van der Waals surface area (Å²) in [6, 6.07) is 7.76. The third-order valence-electron chi connectivity index (χ3n) is 1.85. The fraction of sp³-hybridized carbons (Fsp3) is 0.273. The van der Waals surface area contributed by atoms with Crippen molar-refractivity contribution in [3.8, 4) is 16.3 Å². The zero-order valence-corrected chi connectivity index (χ0v) is 10.5. The van der Waals surface area contributed by atoms with Gasteiger partial charge in [0, 0.05) is 5.56 Å². The van der Waals surface area contributed by atoms with Gasteiger partial charge in [0.25, 0.3) is 0 Å². The van der Waals surface area contributed by atoms with E-state index in [9.17, 15) is 0 Å². The van der Waals surface area contributed by atoms with Crippen LogP contribution in [0.4, 0.5) is 0 Å². The summed E-state index contributed by atoms with van der Waals surface area (Å²) in [5, 5.41) is 1.09. The van der Waals surface area contributed by atoms with Crippen LogP contribution in [0.2, 0.25) is 5.28 Å². The second kappa shape index (κ2) is 4.80. The summed E-state index contributed by atoms with van der Waals surface area (Å²) < 4.78 is 9.55. The van der Waals surface area contributed by atoms with Gasteiger partial charge in [0.15, 0.2) is 0 Å². The van der Waals surface area contributed by atoms with Crippen LogP contribution in [-0.4, -0.2) is 15.5 Å². The van der Waals surface area contributed by atoms with Crippen LogP contribution >= 0.6 is 23.1 Å². The van der Waals surface area contributed by atoms with Gasteiger partial charge in [-0.3, -0.25) is 0 Å². The van der Waals surface area contributed by atoms with Gasteiger partial charge in [-0.2, -0.15) is 4.37 Å². The van der Waals surface area contributed by atoms with Crippen molar-refractivity contribution in [3.63, 3.8) is 0 Å². The van der Waals surface area contributed by atoms with E-state index in [1.54, 1.807) is 0 Å². The molecule has 0 aliphatic carbocycles. The van der Waals surface area contributed by atoms with E-state index >= 15 is 0 Å². The maximum Gasteiger partial charge on any atom is 0.234 e. The van der Waals surface area contributed by atoms with Gasteiger partial charge in [0.1, 0.15) is 10.8 Å². The third-order valence-corrected chi connectivity index (χ3v) is 2.89. The smallest absolute Gasteiger partial charge is 0.234 e. The van der Waals surface area contributed by atoms with Crippen LogP contribution < -0.4 is 4.74 Å². The molecule has 0 spiro atoms. The van der Waals surface area contributed by atoms with Crippen molar-refractivity contribution < 1.29 is 4.74 Å². The lowest BCUT2D eigenvalue weighted by molar-refractivity contribution is 0.242. The minimum atomic E-state index is 0.160. The van der Waals surface area contributed by atoms with Crippen molar-refractivity contribution >= 4 is 23.1 Å². The van der Waals surface area contributed by atoms with Gasteiger partial charge in [0.05, 0.1) is 6.10 Å². The number of halogens is 1. The quantitative estimate of drug-likeness (QED) is 0.839. The summed E-state index contributed by atoms with van der Waals surface area (Å²) in [5.74, 6) is 0.832. The molecule has 1 heterocycles. The van der Waals surface area contributed by atoms with Gasteiger partial charge in [0.2, 0.25) is 5.28 Å². The van der Waals surface area contributed by atoms with Crippen LogP contribution in [0.3, 0.4) is 0 Å². The first-order valence-corrected chi connectivity index (χ1v) is 6.06. The zero-order chi connectivity index (χ0) is 11.5. The van der Waals surface area contributed by atoms with E-state index in [2.05, 4.69) is 9.36 Å². The van der Waals surface area contributed by atoms with Crippen LogP contribution in [-0.2, 0) is 0 Å². The normalized spacial score (nSPS) is 10.8. The molecule has 84 valence electrons. The molecule has 0 bridgehead atoms. The zero-order valence-electron chi connectivity index (χ0n) is 8.98. The Labute approximate surface area is 103 Å². The molecule has 0 aliphatic rings. The van der Waals surface area contributed by atoms with Gasteiger partial charge >= 0.3 is 0 Å². The van der Waals surface area contributed by atoms with E-state index in [0.717, 1.165) is 16.3 Å². The van der Waals surface area contributed by atoms with E-state index in [4.69, 9.17) is 16.3 Å². The number of aromatic nitrogens is 2. The topological polar surface area (TPSA) is 35.0 Å². The molecule has 0 unspecified atom stereocenters. The molecule has 2 rings (SSSR count). The first-order valence-electron chi connectivity index (χ1n) is 4.91. The summed E-state index contributed by atoms with van der Waals surface area (Å²) >= 11 is 6.97. The van der Waals surface area contributed by atoms with Crippen molar-refractivity contribution in [3.05, 3.63) is 29.5 Å². The Hall–Kier alpha value is -1.13. The van der Waals surface area contributed by atoms with Gasteiger partial charge in [-0.15, -0.1) is 0 Å². The Kier molecular flexibility index (Phi) is 3.41. The average Bonchev–Trinajstić information content (AvgIpc) is 2.64. The second-order valence-corrected chi connectivity index (χ2v) is 4.65. The van der Waals surface area contributed by atoms with Crippen molar-refractivity contribution in [1.82, 2.24) is 9.36 Å². The highest BCUT2D eigenvalue weighted by Gasteiger charge is 2.06. The molecule has 0 atom stereocenters. The number of ether oxygens (including phenoxy) is 1. The van der Waals surface area contributed by atoms with Crippen LogP contribution in [0.1, 0.15) is 13.8 Å². The maximum absolute atomic E-state index is 5.69. The van der Waals surface area contributed by atoms with Crippen LogP contribution in [0.5, 0.6) is 5.75 Å². The van der Waals surface area contributed by atoms with Crippen molar-refractivity contribution in [2.24, 2.45) is 0 Å².